The van der Waals surface area contributed by atoms with Crippen molar-refractivity contribution in [1.29, 1.82) is 0 Å². The largest absolute Gasteiger partial charge is 0.497 e. The first-order valence-corrected chi connectivity index (χ1v) is 8.42. The summed E-state index contributed by atoms with van der Waals surface area (Å²) in [6.07, 6.45) is 0.764. The molecule has 0 unspecified atom stereocenters. The molecule has 2 rings (SSSR count). The van der Waals surface area contributed by atoms with Crippen LogP contribution in [0.25, 0.3) is 0 Å². The summed E-state index contributed by atoms with van der Waals surface area (Å²) in [7, 11) is 3.26. The summed E-state index contributed by atoms with van der Waals surface area (Å²) in [6.45, 7) is 5.54. The molecule has 0 bridgehead atoms. The highest BCUT2D eigenvalue weighted by molar-refractivity contribution is 5.76. The Labute approximate surface area is 144 Å². The lowest BCUT2D eigenvalue weighted by Crippen LogP contribution is -2.50. The number of carbonyl (C=O) groups is 1. The van der Waals surface area contributed by atoms with Gasteiger partial charge in [0.2, 0.25) is 5.91 Å². The molecule has 1 saturated heterocycles. The highest BCUT2D eigenvalue weighted by Crippen LogP contribution is 2.25. The molecule has 1 fully saturated rings. The number of aliphatic hydroxyl groups excluding tert-OH is 1. The minimum atomic E-state index is -0.326. The number of aliphatic hydroxyl groups is 1. The van der Waals surface area contributed by atoms with Crippen molar-refractivity contribution in [2.45, 2.75) is 25.9 Å². The lowest BCUT2D eigenvalue weighted by atomic mass is 10.1. The molecular formula is C18H28N2O4. The van der Waals surface area contributed by atoms with Gasteiger partial charge in [-0.1, -0.05) is 0 Å². The maximum absolute atomic E-state index is 12.4. The van der Waals surface area contributed by atoms with Crippen LogP contribution in [-0.4, -0.2) is 73.9 Å². The number of ether oxygens (including phenoxy) is 2. The van der Waals surface area contributed by atoms with Crippen molar-refractivity contribution in [3.05, 3.63) is 23.8 Å². The van der Waals surface area contributed by atoms with Gasteiger partial charge in [0.1, 0.15) is 11.5 Å². The second kappa shape index (κ2) is 8.89. The third kappa shape index (κ3) is 5.11. The van der Waals surface area contributed by atoms with Crippen LogP contribution >= 0.6 is 0 Å². The number of methoxy groups -OCH3 is 2. The van der Waals surface area contributed by atoms with Crippen molar-refractivity contribution in [3.63, 3.8) is 0 Å². The van der Waals surface area contributed by atoms with E-state index >= 15 is 0 Å². The van der Waals surface area contributed by atoms with Crippen molar-refractivity contribution in [1.82, 2.24) is 9.80 Å². The zero-order chi connectivity index (χ0) is 17.5. The molecule has 0 aliphatic carbocycles. The standard InChI is InChI=1S/C18H28N2O4/c1-14(21)13-19-8-10-20(11-9-19)18(22)7-4-15-12-16(23-2)5-6-17(15)24-3/h5-6,12,14,21H,4,7-11,13H2,1-3H3/t14-/m0/s1. The Kier molecular flexibility index (Phi) is 6.87. The molecule has 1 aromatic carbocycles. The number of amides is 1. The first-order valence-electron chi connectivity index (χ1n) is 8.42. The van der Waals surface area contributed by atoms with Crippen LogP contribution in [0.5, 0.6) is 11.5 Å². The zero-order valence-electron chi connectivity index (χ0n) is 14.8. The molecular weight excluding hydrogens is 308 g/mol. The van der Waals surface area contributed by atoms with Gasteiger partial charge in [-0.05, 0) is 37.1 Å². The average Bonchev–Trinajstić information content (AvgIpc) is 2.59. The van der Waals surface area contributed by atoms with Crippen molar-refractivity contribution in [3.8, 4) is 11.5 Å². The minimum absolute atomic E-state index is 0.163. The summed E-state index contributed by atoms with van der Waals surface area (Å²) in [5, 5.41) is 9.44. The Balaban J connectivity index is 1.85. The Hall–Kier alpha value is -1.79. The van der Waals surface area contributed by atoms with E-state index in [1.807, 2.05) is 23.1 Å². The third-order valence-electron chi connectivity index (χ3n) is 4.34. The van der Waals surface area contributed by atoms with Crippen LogP contribution in [0.3, 0.4) is 0 Å². The van der Waals surface area contributed by atoms with Gasteiger partial charge >= 0.3 is 0 Å². The normalized spacial score (nSPS) is 16.8. The summed E-state index contributed by atoms with van der Waals surface area (Å²) >= 11 is 0. The number of hydrogen-bond acceptors (Lipinski definition) is 5. The summed E-state index contributed by atoms with van der Waals surface area (Å²) in [6, 6.07) is 5.64. The van der Waals surface area contributed by atoms with Crippen LogP contribution < -0.4 is 9.47 Å². The topological polar surface area (TPSA) is 62.2 Å². The second-order valence-electron chi connectivity index (χ2n) is 6.21. The molecule has 1 N–H and O–H groups in total. The summed E-state index contributed by atoms with van der Waals surface area (Å²) in [4.78, 5) is 16.5. The molecule has 0 radical (unpaired) electrons. The molecule has 6 heteroatoms. The molecule has 6 nitrogen and oxygen atoms in total. The van der Waals surface area contributed by atoms with E-state index in [1.165, 1.54) is 0 Å². The van der Waals surface area contributed by atoms with E-state index < -0.39 is 0 Å². The van der Waals surface area contributed by atoms with E-state index in [-0.39, 0.29) is 12.0 Å². The number of β-amino-alcohol motifs (C(OH)–C–C–N with tert-alkyl or cyclic N) is 1. The third-order valence-corrected chi connectivity index (χ3v) is 4.34. The highest BCUT2D eigenvalue weighted by atomic mass is 16.5. The first kappa shape index (κ1) is 18.5. The van der Waals surface area contributed by atoms with Crippen molar-refractivity contribution < 1.29 is 19.4 Å². The van der Waals surface area contributed by atoms with Gasteiger partial charge in [0.25, 0.3) is 0 Å². The molecule has 134 valence electrons. The fourth-order valence-corrected chi connectivity index (χ4v) is 3.03. The summed E-state index contributed by atoms with van der Waals surface area (Å²) < 4.78 is 10.6. The predicted molar refractivity (Wildman–Crippen MR) is 92.6 cm³/mol. The number of carbonyl (C=O) groups excluding carboxylic acids is 1. The first-order chi connectivity index (χ1) is 11.5. The average molecular weight is 336 g/mol. The molecule has 1 atom stereocenters. The van der Waals surface area contributed by atoms with E-state index in [2.05, 4.69) is 4.90 Å². The molecule has 1 heterocycles. The Morgan fingerprint density at radius 2 is 1.92 bits per heavy atom. The van der Waals surface area contributed by atoms with Crippen LogP contribution in [0.2, 0.25) is 0 Å². The van der Waals surface area contributed by atoms with Gasteiger partial charge in [0.15, 0.2) is 0 Å². The van der Waals surface area contributed by atoms with E-state index in [1.54, 1.807) is 21.1 Å². The van der Waals surface area contributed by atoms with Gasteiger partial charge in [-0.15, -0.1) is 0 Å². The number of benzene rings is 1. The van der Waals surface area contributed by atoms with Crippen LogP contribution in [0, 0.1) is 0 Å². The molecule has 1 aromatic rings. The van der Waals surface area contributed by atoms with Gasteiger partial charge in [0.05, 0.1) is 20.3 Å². The number of nitrogens with zero attached hydrogens (tertiary/aromatic N) is 2. The Morgan fingerprint density at radius 3 is 2.50 bits per heavy atom. The van der Waals surface area contributed by atoms with Gasteiger partial charge in [0, 0.05) is 39.1 Å². The zero-order valence-corrected chi connectivity index (χ0v) is 14.8. The maximum Gasteiger partial charge on any atom is 0.222 e. The fourth-order valence-electron chi connectivity index (χ4n) is 3.03. The SMILES string of the molecule is COc1ccc(OC)c(CCC(=O)N2CCN(C[C@H](C)O)CC2)c1. The Bertz CT molecular complexity index is 540. The van der Waals surface area contributed by atoms with Gasteiger partial charge in [-0.2, -0.15) is 0 Å². The molecule has 1 aliphatic heterocycles. The number of piperazine rings is 1. The quantitative estimate of drug-likeness (QED) is 0.810. The van der Waals surface area contributed by atoms with E-state index in [9.17, 15) is 9.90 Å². The van der Waals surface area contributed by atoms with E-state index in [4.69, 9.17) is 9.47 Å². The minimum Gasteiger partial charge on any atom is -0.497 e. The molecule has 0 aromatic heterocycles. The van der Waals surface area contributed by atoms with Crippen molar-refractivity contribution in [2.75, 3.05) is 46.9 Å². The van der Waals surface area contributed by atoms with Crippen molar-refractivity contribution in [2.24, 2.45) is 0 Å². The van der Waals surface area contributed by atoms with Gasteiger partial charge in [-0.25, -0.2) is 0 Å². The number of rotatable bonds is 7. The van der Waals surface area contributed by atoms with Crippen LogP contribution in [0.4, 0.5) is 0 Å². The van der Waals surface area contributed by atoms with E-state index in [0.29, 0.717) is 19.4 Å². The monoisotopic (exact) mass is 336 g/mol. The van der Waals surface area contributed by atoms with Crippen LogP contribution in [0.1, 0.15) is 18.9 Å². The predicted octanol–water partition coefficient (Wildman–Crippen LogP) is 1.16. The van der Waals surface area contributed by atoms with Crippen molar-refractivity contribution >= 4 is 5.91 Å². The number of hydrogen-bond donors (Lipinski definition) is 1. The molecule has 0 saturated carbocycles. The van der Waals surface area contributed by atoms with Gasteiger partial charge < -0.3 is 19.5 Å². The lowest BCUT2D eigenvalue weighted by Gasteiger charge is -2.35. The second-order valence-corrected chi connectivity index (χ2v) is 6.21. The van der Waals surface area contributed by atoms with Gasteiger partial charge in [-0.3, -0.25) is 9.69 Å². The Morgan fingerprint density at radius 1 is 1.21 bits per heavy atom. The highest BCUT2D eigenvalue weighted by Gasteiger charge is 2.21. The molecule has 0 spiro atoms. The molecule has 1 aliphatic rings. The molecule has 1 amide bonds. The smallest absolute Gasteiger partial charge is 0.222 e. The van der Waals surface area contributed by atoms with E-state index in [0.717, 1.165) is 43.2 Å². The van der Waals surface area contributed by atoms with Crippen LogP contribution in [-0.2, 0) is 11.2 Å². The number of aryl methyl sites for hydroxylation is 1. The lowest BCUT2D eigenvalue weighted by molar-refractivity contribution is -0.133. The van der Waals surface area contributed by atoms with Crippen LogP contribution in [0.15, 0.2) is 18.2 Å². The maximum atomic E-state index is 12.4. The molecule has 24 heavy (non-hydrogen) atoms. The fraction of sp³-hybridized carbons (Fsp3) is 0.611. The summed E-state index contributed by atoms with van der Waals surface area (Å²) in [5.74, 6) is 1.71. The summed E-state index contributed by atoms with van der Waals surface area (Å²) in [5.41, 5.74) is 0.984.